The van der Waals surface area contributed by atoms with Gasteiger partial charge in [0.2, 0.25) is 0 Å². The number of morpholine rings is 1. The maximum Gasteiger partial charge on any atom is 0.276 e. The first-order chi connectivity index (χ1) is 13.1. The summed E-state index contributed by atoms with van der Waals surface area (Å²) >= 11 is 0. The monoisotopic (exact) mass is 369 g/mol. The van der Waals surface area contributed by atoms with Crippen LogP contribution in [0.2, 0.25) is 0 Å². The molecular weight excluding hydrogens is 346 g/mol. The normalized spacial score (nSPS) is 23.5. The Morgan fingerprint density at radius 2 is 2.00 bits per heavy atom. The summed E-state index contributed by atoms with van der Waals surface area (Å²) in [5, 5.41) is 3.82. The lowest BCUT2D eigenvalue weighted by atomic mass is 9.93. The molecule has 2 fully saturated rings. The van der Waals surface area contributed by atoms with E-state index in [1.807, 2.05) is 30.3 Å². The number of nitrogens with zero attached hydrogens (tertiary/aromatic N) is 3. The van der Waals surface area contributed by atoms with Crippen LogP contribution >= 0.6 is 0 Å². The highest BCUT2D eigenvalue weighted by Crippen LogP contribution is 2.32. The van der Waals surface area contributed by atoms with Crippen LogP contribution in [0.5, 0.6) is 0 Å². The SMILES string of the molecule is Cc1cc(C(=O)N2CCOC3(CCCCN(c4ccccc4)C3=O)C2)no1. The summed E-state index contributed by atoms with van der Waals surface area (Å²) in [5.74, 6) is 0.292. The third-order valence-electron chi connectivity index (χ3n) is 5.24. The number of carbonyl (C=O) groups is 2. The molecule has 0 aliphatic carbocycles. The van der Waals surface area contributed by atoms with Crippen LogP contribution in [0.3, 0.4) is 0 Å². The van der Waals surface area contributed by atoms with Gasteiger partial charge < -0.3 is 19.1 Å². The lowest BCUT2D eigenvalue weighted by Gasteiger charge is -2.42. The first-order valence-corrected chi connectivity index (χ1v) is 9.33. The second kappa shape index (κ2) is 7.15. The molecule has 3 heterocycles. The van der Waals surface area contributed by atoms with Crippen molar-refractivity contribution in [2.24, 2.45) is 0 Å². The van der Waals surface area contributed by atoms with E-state index in [1.54, 1.807) is 22.8 Å². The lowest BCUT2D eigenvalue weighted by molar-refractivity contribution is -0.155. The summed E-state index contributed by atoms with van der Waals surface area (Å²) in [4.78, 5) is 29.7. The van der Waals surface area contributed by atoms with Gasteiger partial charge in [-0.1, -0.05) is 23.4 Å². The van der Waals surface area contributed by atoms with Crippen molar-refractivity contribution < 1.29 is 18.8 Å². The Morgan fingerprint density at radius 1 is 1.19 bits per heavy atom. The van der Waals surface area contributed by atoms with Gasteiger partial charge >= 0.3 is 0 Å². The molecule has 142 valence electrons. The third kappa shape index (κ3) is 3.35. The van der Waals surface area contributed by atoms with Crippen LogP contribution in [0.1, 0.15) is 35.5 Å². The Labute approximate surface area is 157 Å². The van der Waals surface area contributed by atoms with Crippen molar-refractivity contribution in [2.75, 3.05) is 31.1 Å². The molecule has 0 N–H and O–H groups in total. The lowest BCUT2D eigenvalue weighted by Crippen LogP contribution is -2.61. The number of rotatable bonds is 2. The number of hydrogen-bond donors (Lipinski definition) is 0. The molecule has 7 heteroatoms. The summed E-state index contributed by atoms with van der Waals surface area (Å²) in [5.41, 5.74) is 0.132. The van der Waals surface area contributed by atoms with Crippen molar-refractivity contribution in [1.82, 2.24) is 10.1 Å². The van der Waals surface area contributed by atoms with E-state index < -0.39 is 5.60 Å². The predicted molar refractivity (Wildman–Crippen MR) is 98.5 cm³/mol. The van der Waals surface area contributed by atoms with Gasteiger partial charge in [0.25, 0.3) is 11.8 Å². The number of amides is 2. The molecule has 2 amide bonds. The number of benzene rings is 1. The van der Waals surface area contributed by atoms with Crippen LogP contribution in [-0.2, 0) is 9.53 Å². The Bertz CT molecular complexity index is 835. The molecule has 2 aromatic rings. The van der Waals surface area contributed by atoms with E-state index in [0.717, 1.165) is 18.5 Å². The summed E-state index contributed by atoms with van der Waals surface area (Å²) in [6.07, 6.45) is 2.39. The van der Waals surface area contributed by atoms with Crippen molar-refractivity contribution in [2.45, 2.75) is 31.8 Å². The maximum atomic E-state index is 13.5. The average molecular weight is 369 g/mol. The maximum absolute atomic E-state index is 13.5. The van der Waals surface area contributed by atoms with E-state index in [4.69, 9.17) is 9.26 Å². The van der Waals surface area contributed by atoms with Gasteiger partial charge in [-0.25, -0.2) is 0 Å². The molecule has 27 heavy (non-hydrogen) atoms. The molecule has 1 aromatic carbocycles. The largest absolute Gasteiger partial charge is 0.361 e. The molecule has 2 saturated heterocycles. The minimum absolute atomic E-state index is 0.0694. The van der Waals surface area contributed by atoms with Crippen molar-refractivity contribution in [3.05, 3.63) is 47.9 Å². The average Bonchev–Trinajstić information content (AvgIpc) is 3.07. The molecule has 0 bridgehead atoms. The fraction of sp³-hybridized carbons (Fsp3) is 0.450. The zero-order valence-corrected chi connectivity index (χ0v) is 15.4. The summed E-state index contributed by atoms with van der Waals surface area (Å²) < 4.78 is 11.1. The van der Waals surface area contributed by atoms with E-state index in [1.165, 1.54) is 0 Å². The number of carbonyl (C=O) groups excluding carboxylic acids is 2. The van der Waals surface area contributed by atoms with Gasteiger partial charge in [0, 0.05) is 24.8 Å². The number of para-hydroxylation sites is 1. The predicted octanol–water partition coefficient (Wildman–Crippen LogP) is 2.41. The van der Waals surface area contributed by atoms with Crippen molar-refractivity contribution in [3.8, 4) is 0 Å². The van der Waals surface area contributed by atoms with Crippen LogP contribution in [0.25, 0.3) is 0 Å². The third-order valence-corrected chi connectivity index (χ3v) is 5.24. The molecule has 7 nitrogen and oxygen atoms in total. The molecule has 0 saturated carbocycles. The molecule has 1 unspecified atom stereocenters. The second-order valence-electron chi connectivity index (χ2n) is 7.14. The quantitative estimate of drug-likeness (QED) is 0.813. The molecule has 1 spiro atoms. The Balaban J connectivity index is 1.60. The number of ether oxygens (including phenoxy) is 1. The van der Waals surface area contributed by atoms with Crippen molar-refractivity contribution in [1.29, 1.82) is 0 Å². The number of aromatic nitrogens is 1. The van der Waals surface area contributed by atoms with E-state index in [0.29, 0.717) is 31.9 Å². The van der Waals surface area contributed by atoms with Crippen molar-refractivity contribution >= 4 is 17.5 Å². The number of hydrogen-bond acceptors (Lipinski definition) is 5. The first kappa shape index (κ1) is 17.7. The molecule has 2 aliphatic heterocycles. The minimum Gasteiger partial charge on any atom is -0.361 e. The fourth-order valence-corrected chi connectivity index (χ4v) is 3.86. The molecule has 1 aromatic heterocycles. The van der Waals surface area contributed by atoms with Crippen molar-refractivity contribution in [3.63, 3.8) is 0 Å². The highest BCUT2D eigenvalue weighted by Gasteiger charge is 2.48. The smallest absolute Gasteiger partial charge is 0.276 e. The first-order valence-electron chi connectivity index (χ1n) is 9.33. The van der Waals surface area contributed by atoms with E-state index in [9.17, 15) is 9.59 Å². The van der Waals surface area contributed by atoms with Gasteiger partial charge in [-0.15, -0.1) is 0 Å². The van der Waals surface area contributed by atoms with Crippen LogP contribution < -0.4 is 4.90 Å². The molecule has 0 radical (unpaired) electrons. The topological polar surface area (TPSA) is 75.9 Å². The van der Waals surface area contributed by atoms with Crippen LogP contribution in [-0.4, -0.2) is 53.7 Å². The van der Waals surface area contributed by atoms with Crippen LogP contribution in [0.15, 0.2) is 40.9 Å². The van der Waals surface area contributed by atoms with E-state index in [2.05, 4.69) is 5.16 Å². The summed E-state index contributed by atoms with van der Waals surface area (Å²) in [6, 6.07) is 11.3. The van der Waals surface area contributed by atoms with Gasteiger partial charge in [-0.05, 0) is 38.3 Å². The summed E-state index contributed by atoms with van der Waals surface area (Å²) in [7, 11) is 0. The second-order valence-corrected chi connectivity index (χ2v) is 7.14. The zero-order valence-electron chi connectivity index (χ0n) is 15.4. The van der Waals surface area contributed by atoms with E-state index >= 15 is 0 Å². The Morgan fingerprint density at radius 3 is 2.74 bits per heavy atom. The van der Waals surface area contributed by atoms with Gasteiger partial charge in [0.1, 0.15) is 5.76 Å². The molecular formula is C20H23N3O4. The molecule has 4 rings (SSSR count). The van der Waals surface area contributed by atoms with Gasteiger partial charge in [0.15, 0.2) is 11.3 Å². The minimum atomic E-state index is -1.00. The highest BCUT2D eigenvalue weighted by molar-refractivity contribution is 6.01. The van der Waals surface area contributed by atoms with Crippen LogP contribution in [0.4, 0.5) is 5.69 Å². The number of aryl methyl sites for hydroxylation is 1. The standard InChI is InChI=1S/C20H23N3O4/c1-15-13-17(21-27-15)18(24)22-11-12-26-20(14-22)9-5-6-10-23(19(20)25)16-7-3-2-4-8-16/h2-4,7-8,13H,5-6,9-12,14H2,1H3. The van der Waals surface area contributed by atoms with Gasteiger partial charge in [-0.2, -0.15) is 0 Å². The molecule has 1 atom stereocenters. The summed E-state index contributed by atoms with van der Waals surface area (Å²) in [6.45, 7) is 3.41. The van der Waals surface area contributed by atoms with Gasteiger partial charge in [0.05, 0.1) is 13.2 Å². The fourth-order valence-electron chi connectivity index (χ4n) is 3.86. The Hall–Kier alpha value is -2.67. The van der Waals surface area contributed by atoms with Gasteiger partial charge in [-0.3, -0.25) is 9.59 Å². The van der Waals surface area contributed by atoms with Crippen LogP contribution in [0, 0.1) is 6.92 Å². The Kier molecular flexibility index (Phi) is 4.70. The van der Waals surface area contributed by atoms with E-state index in [-0.39, 0.29) is 24.1 Å². The number of anilines is 1. The highest BCUT2D eigenvalue weighted by atomic mass is 16.5. The zero-order chi connectivity index (χ0) is 18.9. The molecule has 2 aliphatic rings.